The van der Waals surface area contributed by atoms with E-state index in [1.165, 1.54) is 43.5 Å². The first kappa shape index (κ1) is 25.5. The van der Waals surface area contributed by atoms with Crippen LogP contribution in [0.2, 0.25) is 0 Å². The maximum absolute atomic E-state index is 13.3. The lowest BCUT2D eigenvalue weighted by Gasteiger charge is -2.24. The van der Waals surface area contributed by atoms with Gasteiger partial charge in [0, 0.05) is 12.0 Å². The number of amides is 2. The molecule has 1 N–H and O–H groups in total. The van der Waals surface area contributed by atoms with Crippen LogP contribution in [0.1, 0.15) is 24.8 Å². The van der Waals surface area contributed by atoms with Crippen molar-refractivity contribution in [2.75, 3.05) is 7.11 Å². The molecule has 0 saturated carbocycles. The third-order valence-corrected chi connectivity index (χ3v) is 8.82. The Labute approximate surface area is 197 Å². The normalized spacial score (nSPS) is 18.1. The van der Waals surface area contributed by atoms with Crippen LogP contribution in [-0.4, -0.2) is 37.1 Å². The van der Waals surface area contributed by atoms with Gasteiger partial charge in [-0.15, -0.1) is 13.2 Å². The Morgan fingerprint density at radius 3 is 2.18 bits per heavy atom. The Balaban J connectivity index is 1.71. The van der Waals surface area contributed by atoms with Gasteiger partial charge in [-0.05, 0) is 73.1 Å². The summed E-state index contributed by atoms with van der Waals surface area (Å²) in [5.41, 5.74) is 0.429. The number of rotatable bonds is 7. The summed E-state index contributed by atoms with van der Waals surface area (Å²) in [4.78, 5) is 24.3. The molecule has 1 fully saturated rings. The van der Waals surface area contributed by atoms with Crippen molar-refractivity contribution in [3.8, 4) is 23.3 Å². The van der Waals surface area contributed by atoms with Crippen molar-refractivity contribution in [3.63, 3.8) is 0 Å². The molecule has 1 heterocycles. The SMILES string of the molecule is COc1ccc(S(=O)(=O)C2(CCCC#Cc3ccc(OC(F)(F)F)cc3)SC(=O)NC2=O)cc1. The number of hydrogen-bond donors (Lipinski definition) is 1. The van der Waals surface area contributed by atoms with E-state index in [1.807, 2.05) is 5.32 Å². The Kier molecular flexibility index (Phi) is 7.48. The molecule has 0 aliphatic carbocycles. The summed E-state index contributed by atoms with van der Waals surface area (Å²) < 4.78 is 70.1. The summed E-state index contributed by atoms with van der Waals surface area (Å²) in [6, 6.07) is 10.4. The highest BCUT2D eigenvalue weighted by molar-refractivity contribution is 8.25. The average molecular weight is 514 g/mol. The van der Waals surface area contributed by atoms with Crippen LogP contribution in [-0.2, 0) is 14.6 Å². The number of nitrogens with one attached hydrogen (secondary N) is 1. The zero-order valence-electron chi connectivity index (χ0n) is 17.6. The number of carbonyl (C=O) groups excluding carboxylic acids is 2. The number of sulfone groups is 1. The van der Waals surface area contributed by atoms with Crippen molar-refractivity contribution in [3.05, 3.63) is 54.1 Å². The summed E-state index contributed by atoms with van der Waals surface area (Å²) in [5, 5.41) is 1.29. The summed E-state index contributed by atoms with van der Waals surface area (Å²) >= 11 is 0.421. The van der Waals surface area contributed by atoms with Gasteiger partial charge in [0.05, 0.1) is 12.0 Å². The fourth-order valence-corrected chi connectivity index (χ4v) is 6.52. The predicted molar refractivity (Wildman–Crippen MR) is 118 cm³/mol. The fourth-order valence-electron chi connectivity index (χ4n) is 3.14. The van der Waals surface area contributed by atoms with Gasteiger partial charge in [0.1, 0.15) is 11.5 Å². The third-order valence-electron chi connectivity index (χ3n) is 4.75. The van der Waals surface area contributed by atoms with E-state index >= 15 is 0 Å². The molecule has 3 rings (SSSR count). The molecule has 1 unspecified atom stereocenters. The summed E-state index contributed by atoms with van der Waals surface area (Å²) in [7, 11) is -2.82. The van der Waals surface area contributed by atoms with E-state index in [0.717, 1.165) is 12.1 Å². The van der Waals surface area contributed by atoms with Gasteiger partial charge in [-0.2, -0.15) is 0 Å². The first-order valence-electron chi connectivity index (χ1n) is 9.75. The van der Waals surface area contributed by atoms with Crippen LogP contribution in [0, 0.1) is 11.8 Å². The Morgan fingerprint density at radius 1 is 1.03 bits per heavy atom. The number of imide groups is 1. The maximum Gasteiger partial charge on any atom is 0.573 e. The van der Waals surface area contributed by atoms with E-state index in [4.69, 9.17) is 4.74 Å². The standard InChI is InChI=1S/C22H18F3NO6S2/c1-31-16-10-12-18(13-11-16)34(29,30)21(19(27)26-20(28)33-21)14-4-2-3-5-15-6-8-17(9-7-15)32-22(23,24)25/h6-13H,2,4,14H2,1H3,(H,26,27,28). The lowest BCUT2D eigenvalue weighted by molar-refractivity contribution is -0.274. The van der Waals surface area contributed by atoms with E-state index in [0.29, 0.717) is 23.1 Å². The van der Waals surface area contributed by atoms with E-state index in [9.17, 15) is 31.2 Å². The molecule has 180 valence electrons. The van der Waals surface area contributed by atoms with Gasteiger partial charge in [-0.3, -0.25) is 14.9 Å². The Bertz CT molecular complexity index is 1230. The van der Waals surface area contributed by atoms with Crippen LogP contribution < -0.4 is 14.8 Å². The molecular formula is C22H18F3NO6S2. The number of carbonyl (C=O) groups is 2. The van der Waals surface area contributed by atoms with E-state index in [2.05, 4.69) is 16.6 Å². The second-order valence-corrected chi connectivity index (χ2v) is 10.7. The largest absolute Gasteiger partial charge is 0.573 e. The highest BCUT2D eigenvalue weighted by atomic mass is 32.3. The monoisotopic (exact) mass is 513 g/mol. The maximum atomic E-state index is 13.3. The highest BCUT2D eigenvalue weighted by Crippen LogP contribution is 2.44. The molecule has 1 aliphatic rings. The lowest BCUT2D eigenvalue weighted by Crippen LogP contribution is -2.43. The minimum absolute atomic E-state index is 0.127. The van der Waals surface area contributed by atoms with Crippen molar-refractivity contribution < 1.29 is 40.7 Å². The number of halogens is 3. The predicted octanol–water partition coefficient (Wildman–Crippen LogP) is 4.27. The van der Waals surface area contributed by atoms with Gasteiger partial charge >= 0.3 is 6.36 Å². The molecule has 0 aromatic heterocycles. The minimum atomic E-state index is -4.79. The molecular weight excluding hydrogens is 495 g/mol. The van der Waals surface area contributed by atoms with Gasteiger partial charge < -0.3 is 9.47 Å². The molecule has 1 aliphatic heterocycles. The summed E-state index contributed by atoms with van der Waals surface area (Å²) in [6.07, 6.45) is -4.61. The minimum Gasteiger partial charge on any atom is -0.497 e. The molecule has 0 bridgehead atoms. The molecule has 7 nitrogen and oxygen atoms in total. The number of ether oxygens (including phenoxy) is 2. The second kappa shape index (κ2) is 9.99. The van der Waals surface area contributed by atoms with Crippen molar-refractivity contribution in [2.24, 2.45) is 0 Å². The van der Waals surface area contributed by atoms with Crippen LogP contribution in [0.3, 0.4) is 0 Å². The number of thioether (sulfide) groups is 1. The molecule has 12 heteroatoms. The number of unbranched alkanes of at least 4 members (excludes halogenated alkanes) is 1. The number of benzene rings is 2. The third kappa shape index (κ3) is 5.66. The number of methoxy groups -OCH3 is 1. The van der Waals surface area contributed by atoms with Gasteiger partial charge in [-0.1, -0.05) is 11.8 Å². The van der Waals surface area contributed by atoms with Crippen LogP contribution in [0.4, 0.5) is 18.0 Å². The van der Waals surface area contributed by atoms with Crippen molar-refractivity contribution >= 4 is 32.7 Å². The van der Waals surface area contributed by atoms with Crippen molar-refractivity contribution in [1.29, 1.82) is 0 Å². The smallest absolute Gasteiger partial charge is 0.497 e. The molecule has 0 radical (unpaired) electrons. The fraction of sp³-hybridized carbons (Fsp3) is 0.273. The summed E-state index contributed by atoms with van der Waals surface area (Å²) in [5.74, 6) is 4.69. The molecule has 1 saturated heterocycles. The van der Waals surface area contributed by atoms with E-state index in [1.54, 1.807) is 0 Å². The zero-order chi connectivity index (χ0) is 25.0. The van der Waals surface area contributed by atoms with Crippen molar-refractivity contribution in [2.45, 2.75) is 34.6 Å². The van der Waals surface area contributed by atoms with Gasteiger partial charge in [-0.25, -0.2) is 8.42 Å². The molecule has 34 heavy (non-hydrogen) atoms. The molecule has 2 aromatic carbocycles. The van der Waals surface area contributed by atoms with Crippen LogP contribution in [0.25, 0.3) is 0 Å². The Morgan fingerprint density at radius 2 is 1.65 bits per heavy atom. The number of hydrogen-bond acceptors (Lipinski definition) is 7. The quantitative estimate of drug-likeness (QED) is 0.436. The average Bonchev–Trinajstić information content (AvgIpc) is 3.08. The zero-order valence-corrected chi connectivity index (χ0v) is 19.3. The van der Waals surface area contributed by atoms with Gasteiger partial charge in [0.15, 0.2) is 0 Å². The molecule has 0 spiro atoms. The van der Waals surface area contributed by atoms with E-state index in [-0.39, 0.29) is 29.9 Å². The molecule has 2 amide bonds. The topological polar surface area (TPSA) is 98.8 Å². The van der Waals surface area contributed by atoms with Gasteiger partial charge in [0.2, 0.25) is 13.9 Å². The molecule has 1 atom stereocenters. The van der Waals surface area contributed by atoms with Crippen LogP contribution >= 0.6 is 11.8 Å². The van der Waals surface area contributed by atoms with Crippen LogP contribution in [0.5, 0.6) is 11.5 Å². The Hall–Kier alpha value is -3.17. The van der Waals surface area contributed by atoms with Crippen LogP contribution in [0.15, 0.2) is 53.4 Å². The summed E-state index contributed by atoms with van der Waals surface area (Å²) in [6.45, 7) is 0. The lowest BCUT2D eigenvalue weighted by atomic mass is 10.1. The second-order valence-electron chi connectivity index (χ2n) is 7.00. The number of alkyl halides is 3. The van der Waals surface area contributed by atoms with Gasteiger partial charge in [0.25, 0.3) is 11.1 Å². The first-order chi connectivity index (χ1) is 16.0. The highest BCUT2D eigenvalue weighted by Gasteiger charge is 2.57. The first-order valence-corrected chi connectivity index (χ1v) is 12.0. The van der Waals surface area contributed by atoms with E-state index < -0.39 is 31.4 Å². The van der Waals surface area contributed by atoms with Crippen molar-refractivity contribution in [1.82, 2.24) is 5.32 Å². The molecule has 2 aromatic rings.